The Morgan fingerprint density at radius 1 is 1.05 bits per heavy atom. The third kappa shape index (κ3) is 2.69. The first-order valence-electron chi connectivity index (χ1n) is 6.70. The molecule has 100 valence electrons. The number of benzene rings is 1. The highest BCUT2D eigenvalue weighted by molar-refractivity contribution is 6.68. The molecule has 0 N–H and O–H groups in total. The molecule has 1 saturated heterocycles. The molecule has 1 heterocycles. The Morgan fingerprint density at radius 2 is 1.58 bits per heavy atom. The van der Waals surface area contributed by atoms with Crippen LogP contribution in [-0.4, -0.2) is 18.3 Å². The summed E-state index contributed by atoms with van der Waals surface area (Å²) in [5.41, 5.74) is 4.63. The van der Waals surface area contributed by atoms with Crippen LogP contribution < -0.4 is 0 Å². The second-order valence-electron chi connectivity index (χ2n) is 5.80. The third-order valence-electron chi connectivity index (χ3n) is 3.87. The van der Waals surface area contributed by atoms with Gasteiger partial charge in [-0.25, -0.2) is 0 Å². The monoisotopic (exact) mass is 256 g/mol. The van der Waals surface area contributed by atoms with Gasteiger partial charge in [0.1, 0.15) is 0 Å². The molecule has 2 nitrogen and oxygen atoms in total. The predicted octanol–water partition coefficient (Wildman–Crippen LogP) is 3.88. The van der Waals surface area contributed by atoms with Gasteiger partial charge in [-0.3, -0.25) is 0 Å². The van der Waals surface area contributed by atoms with Gasteiger partial charge in [0, 0.05) is 5.47 Å². The molecule has 1 aromatic carbocycles. The summed E-state index contributed by atoms with van der Waals surface area (Å²) in [6.45, 7) is 10.2. The molecular formula is C16H21BO2. The van der Waals surface area contributed by atoms with Crippen molar-refractivity contribution in [2.45, 2.75) is 45.8 Å². The van der Waals surface area contributed by atoms with Gasteiger partial charge >= 0.3 is 7.12 Å². The Hall–Kier alpha value is -1.28. The quantitative estimate of drug-likeness (QED) is 0.590. The van der Waals surface area contributed by atoms with Crippen molar-refractivity contribution in [3.05, 3.63) is 47.7 Å². The van der Waals surface area contributed by atoms with Gasteiger partial charge in [0.15, 0.2) is 0 Å². The average Bonchev–Trinajstić information content (AvgIpc) is 2.56. The Kier molecular flexibility index (Phi) is 3.73. The summed E-state index contributed by atoms with van der Waals surface area (Å²) in [5, 5.41) is 0. The van der Waals surface area contributed by atoms with Gasteiger partial charge in [0.25, 0.3) is 0 Å². The SMILES string of the molecule is CC=C=C(B1OC(C)(C)C(C)(C)O1)c1ccccc1. The number of allylic oxidation sites excluding steroid dienone is 1. The molecular weight excluding hydrogens is 235 g/mol. The van der Waals surface area contributed by atoms with E-state index in [1.165, 1.54) is 0 Å². The second kappa shape index (κ2) is 5.01. The molecule has 0 bridgehead atoms. The maximum absolute atomic E-state index is 6.09. The Bertz CT molecular complexity index is 495. The van der Waals surface area contributed by atoms with Gasteiger partial charge in [0.2, 0.25) is 0 Å². The van der Waals surface area contributed by atoms with Gasteiger partial charge < -0.3 is 9.31 Å². The zero-order valence-electron chi connectivity index (χ0n) is 12.4. The molecule has 0 aromatic heterocycles. The summed E-state index contributed by atoms with van der Waals surface area (Å²) in [4.78, 5) is 0. The molecule has 0 radical (unpaired) electrons. The molecule has 3 heteroatoms. The van der Waals surface area contributed by atoms with E-state index in [0.717, 1.165) is 11.0 Å². The first-order valence-corrected chi connectivity index (χ1v) is 6.70. The largest absolute Gasteiger partial charge is 0.503 e. The first kappa shape index (κ1) is 14.1. The van der Waals surface area contributed by atoms with E-state index in [0.29, 0.717) is 0 Å². The van der Waals surface area contributed by atoms with Gasteiger partial charge in [0.05, 0.1) is 11.2 Å². The smallest absolute Gasteiger partial charge is 0.399 e. The van der Waals surface area contributed by atoms with Crippen LogP contribution in [0.15, 0.2) is 42.1 Å². The van der Waals surface area contributed by atoms with E-state index in [4.69, 9.17) is 9.31 Å². The van der Waals surface area contributed by atoms with Crippen LogP contribution in [0.1, 0.15) is 40.2 Å². The van der Waals surface area contributed by atoms with Crippen LogP contribution in [0, 0.1) is 0 Å². The van der Waals surface area contributed by atoms with E-state index in [1.807, 2.05) is 31.2 Å². The van der Waals surface area contributed by atoms with Crippen molar-refractivity contribution < 1.29 is 9.31 Å². The molecule has 0 spiro atoms. The lowest BCUT2D eigenvalue weighted by atomic mass is 9.74. The van der Waals surface area contributed by atoms with Crippen LogP contribution >= 0.6 is 0 Å². The van der Waals surface area contributed by atoms with Crippen LogP contribution in [0.3, 0.4) is 0 Å². The minimum atomic E-state index is -0.372. The van der Waals surface area contributed by atoms with Crippen molar-refractivity contribution in [3.63, 3.8) is 0 Å². The van der Waals surface area contributed by atoms with E-state index >= 15 is 0 Å². The minimum Gasteiger partial charge on any atom is -0.399 e. The number of hydrogen-bond donors (Lipinski definition) is 0. The maximum Gasteiger partial charge on any atom is 0.503 e. The van der Waals surface area contributed by atoms with E-state index < -0.39 is 0 Å². The highest BCUT2D eigenvalue weighted by Gasteiger charge is 2.52. The van der Waals surface area contributed by atoms with E-state index in [2.05, 4.69) is 45.6 Å². The van der Waals surface area contributed by atoms with Gasteiger partial charge in [-0.05, 0) is 46.3 Å². The fraction of sp³-hybridized carbons (Fsp3) is 0.438. The minimum absolute atomic E-state index is 0.326. The van der Waals surface area contributed by atoms with Crippen molar-refractivity contribution in [2.24, 2.45) is 0 Å². The van der Waals surface area contributed by atoms with Crippen molar-refractivity contribution >= 4 is 12.6 Å². The maximum atomic E-state index is 6.09. The molecule has 1 aliphatic rings. The number of rotatable bonds is 2. The molecule has 0 amide bonds. The zero-order chi connectivity index (χ0) is 14.1. The Balaban J connectivity index is 2.38. The Labute approximate surface area is 116 Å². The summed E-state index contributed by atoms with van der Waals surface area (Å²) in [5.74, 6) is 0. The fourth-order valence-electron chi connectivity index (χ4n) is 2.02. The highest BCUT2D eigenvalue weighted by atomic mass is 16.7. The molecule has 0 atom stereocenters. The van der Waals surface area contributed by atoms with Crippen molar-refractivity contribution in [1.82, 2.24) is 0 Å². The van der Waals surface area contributed by atoms with Crippen LogP contribution in [0.25, 0.3) is 5.47 Å². The molecule has 0 saturated carbocycles. The van der Waals surface area contributed by atoms with E-state index in [9.17, 15) is 0 Å². The molecule has 19 heavy (non-hydrogen) atoms. The van der Waals surface area contributed by atoms with Crippen LogP contribution in [0.2, 0.25) is 0 Å². The lowest BCUT2D eigenvalue weighted by Gasteiger charge is -2.32. The van der Waals surface area contributed by atoms with Crippen molar-refractivity contribution in [2.75, 3.05) is 0 Å². The summed E-state index contributed by atoms with van der Waals surface area (Å²) in [6.07, 6.45) is 1.90. The highest BCUT2D eigenvalue weighted by Crippen LogP contribution is 2.40. The average molecular weight is 256 g/mol. The van der Waals surface area contributed by atoms with Crippen LogP contribution in [0.4, 0.5) is 0 Å². The van der Waals surface area contributed by atoms with Gasteiger partial charge in [-0.1, -0.05) is 30.3 Å². The normalized spacial score (nSPS) is 19.9. The summed E-state index contributed by atoms with van der Waals surface area (Å²) in [6, 6.07) is 10.1. The molecule has 1 fully saturated rings. The number of hydrogen-bond acceptors (Lipinski definition) is 2. The van der Waals surface area contributed by atoms with Gasteiger partial charge in [-0.2, -0.15) is 0 Å². The summed E-state index contributed by atoms with van der Waals surface area (Å²) in [7, 11) is -0.372. The lowest BCUT2D eigenvalue weighted by molar-refractivity contribution is 0.00578. The van der Waals surface area contributed by atoms with Gasteiger partial charge in [-0.15, -0.1) is 5.73 Å². The lowest BCUT2D eigenvalue weighted by Crippen LogP contribution is -2.41. The van der Waals surface area contributed by atoms with Crippen molar-refractivity contribution in [3.8, 4) is 0 Å². The molecule has 0 aliphatic carbocycles. The Morgan fingerprint density at radius 3 is 2.05 bits per heavy atom. The predicted molar refractivity (Wildman–Crippen MR) is 79.7 cm³/mol. The summed E-state index contributed by atoms with van der Waals surface area (Å²) < 4.78 is 12.2. The van der Waals surface area contributed by atoms with E-state index in [-0.39, 0.29) is 18.3 Å². The topological polar surface area (TPSA) is 18.5 Å². The molecule has 2 rings (SSSR count). The van der Waals surface area contributed by atoms with Crippen molar-refractivity contribution in [1.29, 1.82) is 0 Å². The fourth-order valence-corrected chi connectivity index (χ4v) is 2.02. The zero-order valence-corrected chi connectivity index (χ0v) is 12.4. The second-order valence-corrected chi connectivity index (χ2v) is 5.80. The first-order chi connectivity index (χ1) is 8.87. The standard InChI is InChI=1S/C16H21BO2/c1-6-10-14(13-11-8-7-9-12-13)17-18-15(2,3)16(4,5)19-17/h6-9,11-12H,1-5H3. The molecule has 1 aliphatic heterocycles. The molecule has 0 unspecified atom stereocenters. The molecule has 1 aromatic rings. The third-order valence-corrected chi connectivity index (χ3v) is 3.87. The van der Waals surface area contributed by atoms with Crippen LogP contribution in [0.5, 0.6) is 0 Å². The van der Waals surface area contributed by atoms with E-state index in [1.54, 1.807) is 0 Å². The van der Waals surface area contributed by atoms with Crippen LogP contribution in [-0.2, 0) is 9.31 Å². The summed E-state index contributed by atoms with van der Waals surface area (Å²) >= 11 is 0.